The maximum absolute atomic E-state index is 12.9. The highest BCUT2D eigenvalue weighted by Gasteiger charge is 2.32. The number of ketones is 1. The van der Waals surface area contributed by atoms with Crippen molar-refractivity contribution in [3.05, 3.63) is 30.6 Å². The summed E-state index contributed by atoms with van der Waals surface area (Å²) < 4.78 is 28.7. The number of hydrogen-bond acceptors (Lipinski definition) is 7. The van der Waals surface area contributed by atoms with Gasteiger partial charge in [-0.2, -0.15) is 4.31 Å². The van der Waals surface area contributed by atoms with Crippen molar-refractivity contribution >= 4 is 21.7 Å². The third kappa shape index (κ3) is 4.90. The molecular weight excluding hydrogens is 408 g/mol. The van der Waals surface area contributed by atoms with Crippen LogP contribution < -0.4 is 5.32 Å². The van der Waals surface area contributed by atoms with Gasteiger partial charge in [-0.05, 0) is 47.5 Å². The third-order valence-corrected chi connectivity index (χ3v) is 7.09. The van der Waals surface area contributed by atoms with Gasteiger partial charge in [0.15, 0.2) is 5.78 Å². The first kappa shape index (κ1) is 22.0. The van der Waals surface area contributed by atoms with Gasteiger partial charge in [0, 0.05) is 24.4 Å². The van der Waals surface area contributed by atoms with Gasteiger partial charge in [0.2, 0.25) is 15.9 Å². The number of sulfonamides is 1. The molecule has 1 saturated heterocycles. The smallest absolute Gasteiger partial charge is 0.243 e. The third-order valence-electron chi connectivity index (χ3n) is 5.17. The van der Waals surface area contributed by atoms with Crippen LogP contribution in [-0.4, -0.2) is 64.3 Å². The average molecular weight is 435 g/mol. The van der Waals surface area contributed by atoms with Crippen LogP contribution in [0.1, 0.15) is 33.6 Å². The summed E-state index contributed by atoms with van der Waals surface area (Å²) in [7, 11) is -3.66. The molecule has 1 fully saturated rings. The van der Waals surface area contributed by atoms with Gasteiger partial charge in [0.25, 0.3) is 0 Å². The maximum Gasteiger partial charge on any atom is 0.243 e. The molecule has 30 heavy (non-hydrogen) atoms. The molecule has 1 N–H and O–H groups in total. The summed E-state index contributed by atoms with van der Waals surface area (Å²) in [6.45, 7) is 5.92. The van der Waals surface area contributed by atoms with E-state index in [1.165, 1.54) is 27.4 Å². The fourth-order valence-corrected chi connectivity index (χ4v) is 4.60. The Morgan fingerprint density at radius 3 is 2.30 bits per heavy atom. The number of Topliss-reactive ketones (excluding diaryl/α,β-unsaturated/α-hetero) is 1. The van der Waals surface area contributed by atoms with Crippen LogP contribution in [0.15, 0.2) is 35.5 Å². The second-order valence-corrected chi connectivity index (χ2v) is 10.3. The summed E-state index contributed by atoms with van der Waals surface area (Å²) >= 11 is 0. The first-order chi connectivity index (χ1) is 14.1. The van der Waals surface area contributed by atoms with E-state index in [0.29, 0.717) is 18.5 Å². The van der Waals surface area contributed by atoms with Gasteiger partial charge < -0.3 is 5.32 Å². The molecule has 1 aliphatic rings. The number of carbonyl (C=O) groups is 2. The Balaban J connectivity index is 1.57. The number of aromatic nitrogens is 4. The first-order valence-corrected chi connectivity index (χ1v) is 11.2. The van der Waals surface area contributed by atoms with Crippen molar-refractivity contribution in [2.24, 2.45) is 11.3 Å². The Hall–Kier alpha value is -2.66. The molecule has 0 bridgehead atoms. The Bertz CT molecular complexity index is 989. The predicted molar refractivity (Wildman–Crippen MR) is 108 cm³/mol. The van der Waals surface area contributed by atoms with Gasteiger partial charge in [-0.3, -0.25) is 9.59 Å². The standard InChI is InChI=1S/C19H26N6O4S/c1-19(2,3)17(26)12-20-18(27)14-8-10-24(11-9-14)30(28,29)16-6-4-15(5-7-16)25-13-21-22-23-25/h4-7,13-14H,8-12H2,1-3H3,(H,20,27). The van der Waals surface area contributed by atoms with Crippen LogP contribution in [-0.2, 0) is 19.6 Å². The van der Waals surface area contributed by atoms with E-state index in [4.69, 9.17) is 0 Å². The van der Waals surface area contributed by atoms with Crippen LogP contribution in [0.2, 0.25) is 0 Å². The molecule has 2 heterocycles. The molecule has 11 heteroatoms. The van der Waals surface area contributed by atoms with Crippen molar-refractivity contribution in [3.63, 3.8) is 0 Å². The minimum atomic E-state index is -3.66. The van der Waals surface area contributed by atoms with E-state index in [2.05, 4.69) is 20.8 Å². The molecule has 1 amide bonds. The molecule has 3 rings (SSSR count). The van der Waals surface area contributed by atoms with Crippen LogP contribution in [0.4, 0.5) is 0 Å². The molecule has 162 valence electrons. The van der Waals surface area contributed by atoms with Crippen molar-refractivity contribution in [2.45, 2.75) is 38.5 Å². The summed E-state index contributed by atoms with van der Waals surface area (Å²) in [5.74, 6) is -0.539. The molecule has 0 aliphatic carbocycles. The van der Waals surface area contributed by atoms with Gasteiger partial charge in [0.1, 0.15) is 6.33 Å². The number of carbonyl (C=O) groups excluding carboxylic acids is 2. The van der Waals surface area contributed by atoms with E-state index in [0.717, 1.165) is 0 Å². The number of piperidine rings is 1. The van der Waals surface area contributed by atoms with Crippen molar-refractivity contribution in [3.8, 4) is 5.69 Å². The molecule has 10 nitrogen and oxygen atoms in total. The second kappa shape index (κ2) is 8.60. The molecule has 0 atom stereocenters. The monoisotopic (exact) mass is 434 g/mol. The summed E-state index contributed by atoms with van der Waals surface area (Å²) in [4.78, 5) is 24.5. The summed E-state index contributed by atoms with van der Waals surface area (Å²) in [5, 5.41) is 13.6. The number of nitrogens with zero attached hydrogens (tertiary/aromatic N) is 5. The van der Waals surface area contributed by atoms with E-state index in [1.54, 1.807) is 32.9 Å². The van der Waals surface area contributed by atoms with Crippen LogP contribution in [0.5, 0.6) is 0 Å². The number of benzene rings is 1. The Morgan fingerprint density at radius 2 is 1.77 bits per heavy atom. The number of rotatable bonds is 6. The Kier molecular flexibility index (Phi) is 6.32. The van der Waals surface area contributed by atoms with Crippen LogP contribution in [0, 0.1) is 11.3 Å². The summed E-state index contributed by atoms with van der Waals surface area (Å²) in [6, 6.07) is 6.30. The topological polar surface area (TPSA) is 127 Å². The lowest BCUT2D eigenvalue weighted by Crippen LogP contribution is -2.44. The molecular formula is C19H26N6O4S. The normalized spacial score (nSPS) is 16.4. The van der Waals surface area contributed by atoms with E-state index < -0.39 is 15.4 Å². The van der Waals surface area contributed by atoms with Crippen molar-refractivity contribution < 1.29 is 18.0 Å². The molecule has 1 aliphatic heterocycles. The highest BCUT2D eigenvalue weighted by molar-refractivity contribution is 7.89. The van der Waals surface area contributed by atoms with Gasteiger partial charge in [-0.15, -0.1) is 5.10 Å². The van der Waals surface area contributed by atoms with Crippen LogP contribution in [0.25, 0.3) is 5.69 Å². The fourth-order valence-electron chi connectivity index (χ4n) is 3.13. The SMILES string of the molecule is CC(C)(C)C(=O)CNC(=O)C1CCN(S(=O)(=O)c2ccc(-n3cnnn3)cc2)CC1. The number of tetrazole rings is 1. The van der Waals surface area contributed by atoms with Gasteiger partial charge in [-0.25, -0.2) is 13.1 Å². The second-order valence-electron chi connectivity index (χ2n) is 8.32. The Morgan fingerprint density at radius 1 is 1.13 bits per heavy atom. The highest BCUT2D eigenvalue weighted by atomic mass is 32.2. The number of nitrogens with one attached hydrogen (secondary N) is 1. The Labute approximate surface area is 175 Å². The number of amides is 1. The van der Waals surface area contributed by atoms with Crippen LogP contribution in [0.3, 0.4) is 0 Å². The molecule has 2 aromatic rings. The van der Waals surface area contributed by atoms with Crippen molar-refractivity contribution in [2.75, 3.05) is 19.6 Å². The summed E-state index contributed by atoms with van der Waals surface area (Å²) in [6.07, 6.45) is 2.25. The molecule has 1 aromatic heterocycles. The zero-order chi connectivity index (χ0) is 21.9. The fraction of sp³-hybridized carbons (Fsp3) is 0.526. The zero-order valence-corrected chi connectivity index (χ0v) is 18.1. The quantitative estimate of drug-likeness (QED) is 0.712. The van der Waals surface area contributed by atoms with Crippen molar-refractivity contribution in [1.82, 2.24) is 29.8 Å². The minimum absolute atomic E-state index is 0.00547. The lowest BCUT2D eigenvalue weighted by atomic mass is 9.90. The van der Waals surface area contributed by atoms with Crippen LogP contribution >= 0.6 is 0 Å². The van der Waals surface area contributed by atoms with E-state index in [1.807, 2.05) is 0 Å². The summed E-state index contributed by atoms with van der Waals surface area (Å²) in [5.41, 5.74) is 0.143. The van der Waals surface area contributed by atoms with Crippen molar-refractivity contribution in [1.29, 1.82) is 0 Å². The highest BCUT2D eigenvalue weighted by Crippen LogP contribution is 2.24. The first-order valence-electron chi connectivity index (χ1n) is 9.73. The molecule has 0 radical (unpaired) electrons. The molecule has 0 unspecified atom stereocenters. The average Bonchev–Trinajstić information content (AvgIpc) is 3.26. The van der Waals surface area contributed by atoms with Gasteiger partial charge >= 0.3 is 0 Å². The maximum atomic E-state index is 12.9. The van der Waals surface area contributed by atoms with E-state index >= 15 is 0 Å². The molecule has 0 saturated carbocycles. The van der Waals surface area contributed by atoms with Gasteiger partial charge in [0.05, 0.1) is 17.1 Å². The van der Waals surface area contributed by atoms with E-state index in [9.17, 15) is 18.0 Å². The van der Waals surface area contributed by atoms with Gasteiger partial charge in [-0.1, -0.05) is 20.8 Å². The predicted octanol–water partition coefficient (Wildman–Crippen LogP) is 0.794. The lowest BCUT2D eigenvalue weighted by Gasteiger charge is -2.30. The minimum Gasteiger partial charge on any atom is -0.349 e. The molecule has 1 aromatic carbocycles. The largest absolute Gasteiger partial charge is 0.349 e. The lowest BCUT2D eigenvalue weighted by molar-refractivity contribution is -0.131. The number of hydrogen-bond donors (Lipinski definition) is 1. The molecule has 0 spiro atoms. The van der Waals surface area contributed by atoms with E-state index in [-0.39, 0.29) is 42.1 Å². The zero-order valence-electron chi connectivity index (χ0n) is 17.3.